The van der Waals surface area contributed by atoms with Gasteiger partial charge in [0, 0.05) is 19.1 Å². The Morgan fingerprint density at radius 2 is 2.00 bits per heavy atom. The highest BCUT2D eigenvalue weighted by Crippen LogP contribution is 2.27. The number of hydrogen-bond donors (Lipinski definition) is 1. The van der Waals surface area contributed by atoms with Crippen molar-refractivity contribution in [1.29, 1.82) is 5.26 Å². The Labute approximate surface area is 136 Å². The molecule has 1 fully saturated rings. The summed E-state index contributed by atoms with van der Waals surface area (Å²) < 4.78 is 26.5. The Morgan fingerprint density at radius 3 is 2.48 bits per heavy atom. The first-order valence-corrected chi connectivity index (χ1v) is 8.18. The maximum atomic E-state index is 12.5. The first-order chi connectivity index (χ1) is 9.48. The van der Waals surface area contributed by atoms with E-state index in [9.17, 15) is 8.42 Å². The summed E-state index contributed by atoms with van der Waals surface area (Å²) >= 11 is 6.00. The zero-order valence-electron chi connectivity index (χ0n) is 11.5. The van der Waals surface area contributed by atoms with Crippen molar-refractivity contribution in [2.24, 2.45) is 0 Å². The Morgan fingerprint density at radius 1 is 1.38 bits per heavy atom. The summed E-state index contributed by atoms with van der Waals surface area (Å²) in [4.78, 5) is 0.0704. The molecule has 1 aromatic carbocycles. The van der Waals surface area contributed by atoms with Crippen molar-refractivity contribution < 1.29 is 8.42 Å². The number of sulfonamides is 1. The molecule has 0 spiro atoms. The monoisotopic (exact) mass is 349 g/mol. The van der Waals surface area contributed by atoms with Crippen LogP contribution in [0.5, 0.6) is 0 Å². The van der Waals surface area contributed by atoms with Crippen LogP contribution >= 0.6 is 24.0 Å². The highest BCUT2D eigenvalue weighted by Gasteiger charge is 2.30. The summed E-state index contributed by atoms with van der Waals surface area (Å²) in [6.45, 7) is 0.953. The van der Waals surface area contributed by atoms with Crippen molar-refractivity contribution in [3.63, 3.8) is 0 Å². The minimum absolute atomic E-state index is 0. The van der Waals surface area contributed by atoms with Gasteiger partial charge < -0.3 is 5.32 Å². The van der Waals surface area contributed by atoms with Gasteiger partial charge in [-0.2, -0.15) is 9.57 Å². The fraction of sp³-hybridized carbons (Fsp3) is 0.462. The summed E-state index contributed by atoms with van der Waals surface area (Å²) in [7, 11) is -1.70. The van der Waals surface area contributed by atoms with E-state index in [4.69, 9.17) is 16.9 Å². The van der Waals surface area contributed by atoms with Crippen LogP contribution in [0.15, 0.2) is 23.1 Å². The fourth-order valence-electron chi connectivity index (χ4n) is 2.30. The largest absolute Gasteiger partial charge is 0.317 e. The molecular formula is C13H17Cl2N3O2S. The predicted octanol–water partition coefficient (Wildman–Crippen LogP) is 2.01. The minimum atomic E-state index is -3.59. The average molecular weight is 350 g/mol. The van der Waals surface area contributed by atoms with Gasteiger partial charge in [0.25, 0.3) is 0 Å². The second-order valence-electron chi connectivity index (χ2n) is 4.72. The third-order valence-corrected chi connectivity index (χ3v) is 5.92. The Kier molecular flexibility index (Phi) is 6.44. The lowest BCUT2D eigenvalue weighted by Gasteiger charge is -2.31. The molecular weight excluding hydrogens is 333 g/mol. The second-order valence-corrected chi connectivity index (χ2v) is 7.04. The van der Waals surface area contributed by atoms with Crippen LogP contribution in [-0.4, -0.2) is 38.9 Å². The molecule has 0 aliphatic carbocycles. The van der Waals surface area contributed by atoms with Gasteiger partial charge in [-0.05, 0) is 38.1 Å². The summed E-state index contributed by atoms with van der Waals surface area (Å²) in [5.74, 6) is 0. The van der Waals surface area contributed by atoms with E-state index in [2.05, 4.69) is 5.32 Å². The van der Waals surface area contributed by atoms with E-state index in [0.717, 1.165) is 12.8 Å². The van der Waals surface area contributed by atoms with Crippen molar-refractivity contribution >= 4 is 34.0 Å². The van der Waals surface area contributed by atoms with Crippen molar-refractivity contribution in [3.05, 3.63) is 28.8 Å². The van der Waals surface area contributed by atoms with Gasteiger partial charge in [-0.1, -0.05) is 11.6 Å². The maximum Gasteiger partial charge on any atom is 0.244 e. The molecule has 1 heterocycles. The number of rotatable bonds is 3. The van der Waals surface area contributed by atoms with E-state index in [1.165, 1.54) is 22.5 Å². The predicted molar refractivity (Wildman–Crippen MR) is 84.3 cm³/mol. The van der Waals surface area contributed by atoms with Crippen LogP contribution < -0.4 is 5.32 Å². The lowest BCUT2D eigenvalue weighted by Crippen LogP contribution is -2.43. The topological polar surface area (TPSA) is 73.2 Å². The van der Waals surface area contributed by atoms with Crippen LogP contribution in [-0.2, 0) is 10.0 Å². The van der Waals surface area contributed by atoms with Gasteiger partial charge >= 0.3 is 0 Å². The number of piperidine rings is 1. The summed E-state index contributed by atoms with van der Waals surface area (Å²) in [5, 5.41) is 12.0. The number of halogens is 2. The molecule has 8 heteroatoms. The van der Waals surface area contributed by atoms with E-state index in [1.807, 2.05) is 13.1 Å². The smallest absolute Gasteiger partial charge is 0.244 e. The molecule has 1 aliphatic rings. The van der Waals surface area contributed by atoms with Gasteiger partial charge in [-0.3, -0.25) is 0 Å². The second kappa shape index (κ2) is 7.43. The molecule has 5 nitrogen and oxygen atoms in total. The molecule has 1 saturated heterocycles. The van der Waals surface area contributed by atoms with E-state index in [1.54, 1.807) is 0 Å². The number of nitriles is 1. The molecule has 1 N–H and O–H groups in total. The zero-order chi connectivity index (χ0) is 14.8. The maximum absolute atomic E-state index is 12.5. The quantitative estimate of drug-likeness (QED) is 0.905. The summed E-state index contributed by atoms with van der Waals surface area (Å²) in [6, 6.07) is 6.56. The van der Waals surface area contributed by atoms with Crippen LogP contribution in [0.4, 0.5) is 0 Å². The molecule has 0 bridgehead atoms. The normalized spacial score (nSPS) is 17.0. The third-order valence-electron chi connectivity index (χ3n) is 3.54. The van der Waals surface area contributed by atoms with Gasteiger partial charge in [0.2, 0.25) is 10.0 Å². The van der Waals surface area contributed by atoms with Gasteiger partial charge in [0.1, 0.15) is 4.90 Å². The molecule has 1 aromatic rings. The van der Waals surface area contributed by atoms with Crippen molar-refractivity contribution in [3.8, 4) is 6.07 Å². The van der Waals surface area contributed by atoms with E-state index in [0.29, 0.717) is 24.7 Å². The molecule has 0 amide bonds. The average Bonchev–Trinajstić information content (AvgIpc) is 2.46. The van der Waals surface area contributed by atoms with Crippen LogP contribution in [0.2, 0.25) is 5.02 Å². The number of nitrogens with zero attached hydrogens (tertiary/aromatic N) is 2. The molecule has 0 saturated carbocycles. The first kappa shape index (κ1) is 18.2. The molecule has 1 aliphatic heterocycles. The SMILES string of the molecule is CNC1CCN(S(=O)(=O)c2ccc(C#N)cc2Cl)CC1.Cl. The van der Waals surface area contributed by atoms with Crippen LogP contribution in [0.1, 0.15) is 18.4 Å². The Balaban J connectivity index is 0.00000220. The number of hydrogen-bond acceptors (Lipinski definition) is 4. The van der Waals surface area contributed by atoms with Crippen LogP contribution in [0.25, 0.3) is 0 Å². The van der Waals surface area contributed by atoms with Gasteiger partial charge in [0.05, 0.1) is 16.7 Å². The highest BCUT2D eigenvalue weighted by molar-refractivity contribution is 7.89. The molecule has 0 atom stereocenters. The van der Waals surface area contributed by atoms with Crippen molar-refractivity contribution in [2.45, 2.75) is 23.8 Å². The van der Waals surface area contributed by atoms with Crippen molar-refractivity contribution in [1.82, 2.24) is 9.62 Å². The van der Waals surface area contributed by atoms with Crippen LogP contribution in [0, 0.1) is 11.3 Å². The molecule has 0 unspecified atom stereocenters. The number of nitrogens with one attached hydrogen (secondary N) is 1. The number of benzene rings is 1. The zero-order valence-corrected chi connectivity index (χ0v) is 13.9. The molecule has 21 heavy (non-hydrogen) atoms. The van der Waals surface area contributed by atoms with E-state index in [-0.39, 0.29) is 22.3 Å². The fourth-order valence-corrected chi connectivity index (χ4v) is 4.29. The highest BCUT2D eigenvalue weighted by atomic mass is 35.5. The summed E-state index contributed by atoms with van der Waals surface area (Å²) in [5.41, 5.74) is 0.350. The van der Waals surface area contributed by atoms with E-state index >= 15 is 0 Å². The summed E-state index contributed by atoms with van der Waals surface area (Å²) in [6.07, 6.45) is 1.56. The lowest BCUT2D eigenvalue weighted by molar-refractivity contribution is 0.298. The standard InChI is InChI=1S/C13H16ClN3O2S.ClH/c1-16-11-4-6-17(7-5-11)20(18,19)13-3-2-10(9-15)8-12(13)14;/h2-3,8,11,16H,4-7H2,1H3;1H. The van der Waals surface area contributed by atoms with Gasteiger partial charge in [-0.15, -0.1) is 12.4 Å². The minimum Gasteiger partial charge on any atom is -0.317 e. The third kappa shape index (κ3) is 3.87. The Bertz CT molecular complexity index is 635. The molecule has 0 aromatic heterocycles. The first-order valence-electron chi connectivity index (χ1n) is 6.36. The molecule has 0 radical (unpaired) electrons. The van der Waals surface area contributed by atoms with Gasteiger partial charge in [-0.25, -0.2) is 8.42 Å². The van der Waals surface area contributed by atoms with Crippen LogP contribution in [0.3, 0.4) is 0 Å². The van der Waals surface area contributed by atoms with Crippen molar-refractivity contribution in [2.75, 3.05) is 20.1 Å². The lowest BCUT2D eigenvalue weighted by atomic mass is 10.1. The molecule has 2 rings (SSSR count). The Hall–Kier alpha value is -0.840. The molecule has 116 valence electrons. The van der Waals surface area contributed by atoms with Gasteiger partial charge in [0.15, 0.2) is 0 Å². The van der Waals surface area contributed by atoms with E-state index < -0.39 is 10.0 Å².